The van der Waals surface area contributed by atoms with E-state index in [1.807, 2.05) is 12.1 Å². The first kappa shape index (κ1) is 29.1. The number of ketones is 1. The van der Waals surface area contributed by atoms with E-state index in [1.165, 1.54) is 18.2 Å². The fourth-order valence-electron chi connectivity index (χ4n) is 5.03. The number of aliphatic carboxylic acids is 1. The van der Waals surface area contributed by atoms with Crippen LogP contribution in [0.15, 0.2) is 64.1 Å². The Hall–Kier alpha value is -2.88. The van der Waals surface area contributed by atoms with Crippen LogP contribution in [0.4, 0.5) is 0 Å². The van der Waals surface area contributed by atoms with Gasteiger partial charge in [-0.2, -0.15) is 0 Å². The highest BCUT2D eigenvalue weighted by molar-refractivity contribution is 7.90. The summed E-state index contributed by atoms with van der Waals surface area (Å²) >= 11 is 13.2. The molecule has 1 fully saturated rings. The van der Waals surface area contributed by atoms with Crippen molar-refractivity contribution in [3.8, 4) is 0 Å². The van der Waals surface area contributed by atoms with Gasteiger partial charge in [-0.05, 0) is 55.0 Å². The molecule has 0 bridgehead atoms. The molecule has 0 aliphatic heterocycles. The lowest BCUT2D eigenvalue weighted by molar-refractivity contribution is -0.142. The van der Waals surface area contributed by atoms with E-state index in [2.05, 4.69) is 5.32 Å². The van der Waals surface area contributed by atoms with E-state index in [0.717, 1.165) is 11.6 Å². The smallest absolute Gasteiger partial charge is 0.326 e. The van der Waals surface area contributed by atoms with Crippen molar-refractivity contribution in [1.82, 2.24) is 5.32 Å². The number of halogens is 2. The minimum atomic E-state index is -3.47. The highest BCUT2D eigenvalue weighted by Gasteiger charge is 2.41. The summed E-state index contributed by atoms with van der Waals surface area (Å²) in [5.41, 5.74) is 1.67. The molecule has 8 nitrogen and oxygen atoms in total. The average molecular weight is 595 g/mol. The predicted octanol–water partition coefficient (Wildman–Crippen LogP) is 4.85. The van der Waals surface area contributed by atoms with Gasteiger partial charge in [-0.3, -0.25) is 9.59 Å². The molecule has 2 N–H and O–H groups in total. The molecule has 1 aliphatic rings. The Morgan fingerprint density at radius 1 is 1.08 bits per heavy atom. The molecule has 11 heteroatoms. The quantitative estimate of drug-likeness (QED) is 0.253. The number of carboxylic acid groups (broad SMARTS) is 1. The number of carbonyl (C=O) groups excluding carboxylic acids is 2. The number of amides is 1. The first-order valence-corrected chi connectivity index (χ1v) is 15.3. The molecule has 0 saturated heterocycles. The molecule has 2 aromatic carbocycles. The van der Waals surface area contributed by atoms with Crippen molar-refractivity contribution in [2.45, 2.75) is 53.8 Å². The van der Waals surface area contributed by atoms with Gasteiger partial charge in [0.2, 0.25) is 5.91 Å². The second-order valence-electron chi connectivity index (χ2n) is 10.1. The van der Waals surface area contributed by atoms with Crippen molar-refractivity contribution in [3.63, 3.8) is 0 Å². The monoisotopic (exact) mass is 593 g/mol. The van der Waals surface area contributed by atoms with Crippen LogP contribution >= 0.6 is 23.2 Å². The predicted molar refractivity (Wildman–Crippen MR) is 148 cm³/mol. The number of furan rings is 1. The zero-order chi connectivity index (χ0) is 28.3. The largest absolute Gasteiger partial charge is 0.480 e. The zero-order valence-electron chi connectivity index (χ0n) is 21.2. The first-order chi connectivity index (χ1) is 18.4. The molecule has 1 saturated carbocycles. The maximum atomic E-state index is 13.1. The van der Waals surface area contributed by atoms with Crippen LogP contribution in [0.1, 0.15) is 41.6 Å². The highest BCUT2D eigenvalue weighted by atomic mass is 35.5. The lowest BCUT2D eigenvalue weighted by atomic mass is 9.78. The number of fused-ring (bicyclic) bond motifs is 1. The summed E-state index contributed by atoms with van der Waals surface area (Å²) in [6.45, 7) is 0. The van der Waals surface area contributed by atoms with E-state index >= 15 is 0 Å². The molecule has 1 heterocycles. The number of hydrogen-bond acceptors (Lipinski definition) is 6. The van der Waals surface area contributed by atoms with Crippen molar-refractivity contribution in [1.29, 1.82) is 0 Å². The molecule has 3 atom stereocenters. The number of benzene rings is 2. The Balaban J connectivity index is 1.34. The lowest BCUT2D eigenvalue weighted by Gasteiger charge is -2.36. The highest BCUT2D eigenvalue weighted by Crippen LogP contribution is 2.38. The molecule has 39 heavy (non-hydrogen) atoms. The first-order valence-electron chi connectivity index (χ1n) is 12.5. The van der Waals surface area contributed by atoms with E-state index in [9.17, 15) is 27.9 Å². The number of carbonyl (C=O) groups is 3. The summed E-state index contributed by atoms with van der Waals surface area (Å²) in [6.07, 6.45) is 4.31. The molecule has 2 unspecified atom stereocenters. The second-order valence-corrected chi connectivity index (χ2v) is 13.2. The van der Waals surface area contributed by atoms with Gasteiger partial charge in [0.25, 0.3) is 0 Å². The summed E-state index contributed by atoms with van der Waals surface area (Å²) in [6, 6.07) is 11.8. The number of carboxylic acids is 1. The second kappa shape index (κ2) is 12.1. The SMILES string of the molecule is CS(=O)(=O)c1cccc(C[C@H](NC(=O)C2C(Cl)CC(CCC(=O)c3ccc4ccoc4c3)CC2Cl)C(=O)O)c1. The van der Waals surface area contributed by atoms with Crippen molar-refractivity contribution >= 4 is 61.7 Å². The Kier molecular flexibility index (Phi) is 9.03. The summed E-state index contributed by atoms with van der Waals surface area (Å²) in [4.78, 5) is 37.8. The topological polar surface area (TPSA) is 131 Å². The zero-order valence-corrected chi connectivity index (χ0v) is 23.5. The van der Waals surface area contributed by atoms with Crippen LogP contribution in [0.5, 0.6) is 0 Å². The molecular weight excluding hydrogens is 565 g/mol. The van der Waals surface area contributed by atoms with E-state index in [1.54, 1.807) is 24.5 Å². The molecule has 1 amide bonds. The number of Topliss-reactive ketones (excluding diaryl/α,β-unsaturated/α-hetero) is 1. The summed E-state index contributed by atoms with van der Waals surface area (Å²) in [5, 5.41) is 11.9. The molecule has 4 rings (SSSR count). The van der Waals surface area contributed by atoms with Crippen molar-refractivity contribution in [3.05, 3.63) is 65.9 Å². The van der Waals surface area contributed by atoms with Crippen LogP contribution in [0.2, 0.25) is 0 Å². The Morgan fingerprint density at radius 2 is 1.79 bits per heavy atom. The van der Waals surface area contributed by atoms with Gasteiger partial charge in [0, 0.05) is 40.8 Å². The maximum absolute atomic E-state index is 13.1. The van der Waals surface area contributed by atoms with Gasteiger partial charge in [0.1, 0.15) is 11.6 Å². The number of rotatable bonds is 10. The normalized spacial score (nSPS) is 22.3. The minimum Gasteiger partial charge on any atom is -0.480 e. The number of alkyl halides is 2. The third-order valence-corrected chi connectivity index (χ3v) is 9.15. The molecule has 3 aromatic rings. The van der Waals surface area contributed by atoms with Crippen LogP contribution in [-0.4, -0.2) is 54.2 Å². The van der Waals surface area contributed by atoms with Gasteiger partial charge in [-0.1, -0.05) is 24.3 Å². The number of sulfone groups is 1. The van der Waals surface area contributed by atoms with Crippen LogP contribution < -0.4 is 5.32 Å². The fraction of sp³-hybridized carbons (Fsp3) is 0.393. The third kappa shape index (κ3) is 7.21. The lowest BCUT2D eigenvalue weighted by Crippen LogP contribution is -2.50. The molecule has 0 spiro atoms. The van der Waals surface area contributed by atoms with Crippen LogP contribution in [0.3, 0.4) is 0 Å². The summed E-state index contributed by atoms with van der Waals surface area (Å²) < 4.78 is 29.1. The van der Waals surface area contributed by atoms with Gasteiger partial charge in [0.15, 0.2) is 15.6 Å². The molecule has 1 aromatic heterocycles. The van der Waals surface area contributed by atoms with Crippen LogP contribution in [-0.2, 0) is 25.8 Å². The minimum absolute atomic E-state index is 0.0188. The average Bonchev–Trinajstić information content (AvgIpc) is 3.34. The molecule has 1 aliphatic carbocycles. The number of nitrogens with one attached hydrogen (secondary N) is 1. The van der Waals surface area contributed by atoms with E-state index < -0.39 is 44.4 Å². The maximum Gasteiger partial charge on any atom is 0.326 e. The van der Waals surface area contributed by atoms with Gasteiger partial charge >= 0.3 is 5.97 Å². The van der Waals surface area contributed by atoms with E-state index in [-0.39, 0.29) is 23.0 Å². The molecule has 208 valence electrons. The van der Waals surface area contributed by atoms with E-state index in [0.29, 0.717) is 42.4 Å². The molecule has 0 radical (unpaired) electrons. The Labute approximate surface area is 236 Å². The van der Waals surface area contributed by atoms with Crippen molar-refractivity contribution < 1.29 is 32.3 Å². The summed E-state index contributed by atoms with van der Waals surface area (Å²) in [5.74, 6) is -2.63. The van der Waals surface area contributed by atoms with Gasteiger partial charge < -0.3 is 14.8 Å². The Morgan fingerprint density at radius 3 is 2.46 bits per heavy atom. The van der Waals surface area contributed by atoms with Gasteiger partial charge in [-0.25, -0.2) is 13.2 Å². The van der Waals surface area contributed by atoms with Gasteiger partial charge in [-0.15, -0.1) is 23.2 Å². The van der Waals surface area contributed by atoms with Crippen LogP contribution in [0, 0.1) is 11.8 Å². The standard InChI is InChI=1S/C28H29Cl2NO7S/c1-39(36,37)20-4-2-3-16(11-20)14-23(28(34)35)31-27(33)26-21(29)12-17(13-22(26)30)5-8-24(32)19-7-6-18-9-10-38-25(18)15-19/h2-4,6-7,9-11,15,17,21-23,26H,5,8,12-14H2,1H3,(H,31,33)(H,34,35)/t17?,21?,22?,23-,26?/m0/s1. The number of hydrogen-bond donors (Lipinski definition) is 2. The van der Waals surface area contributed by atoms with Crippen molar-refractivity contribution in [2.75, 3.05) is 6.26 Å². The summed E-state index contributed by atoms with van der Waals surface area (Å²) in [7, 11) is -3.47. The van der Waals surface area contributed by atoms with Gasteiger partial charge in [0.05, 0.1) is 17.1 Å². The van der Waals surface area contributed by atoms with E-state index in [4.69, 9.17) is 27.6 Å². The molecular formula is C28H29Cl2NO7S. The third-order valence-electron chi connectivity index (χ3n) is 7.14. The van der Waals surface area contributed by atoms with Crippen molar-refractivity contribution in [2.24, 2.45) is 11.8 Å². The van der Waals surface area contributed by atoms with Crippen LogP contribution in [0.25, 0.3) is 11.0 Å². The fourth-order valence-corrected chi connectivity index (χ4v) is 6.88. The Bertz CT molecular complexity index is 1470.